The van der Waals surface area contributed by atoms with Crippen molar-refractivity contribution in [2.45, 2.75) is 0 Å². The standard InChI is InChI=1S/Ba.Cu.S.Sn. The quantitative estimate of drug-likeness (QED) is 0.549. The molecule has 0 heterocycles. The minimum absolute atomic E-state index is 0. The molecule has 0 saturated carbocycles. The minimum atomic E-state index is 0. The molecule has 0 N–H and O–H groups in total. The molecular formula is BaCuSSn. The number of hydrogen-bond donors (Lipinski definition) is 0. The first-order valence-corrected chi connectivity index (χ1v) is 4.11. The molecule has 0 aromatic carbocycles. The topological polar surface area (TPSA) is 0 Å². The van der Waals surface area contributed by atoms with E-state index in [1.165, 1.54) is 0 Å². The van der Waals surface area contributed by atoms with Gasteiger partial charge in [-0.05, 0) is 0 Å². The summed E-state index contributed by atoms with van der Waals surface area (Å²) >= 11 is 1.13. The van der Waals surface area contributed by atoms with Gasteiger partial charge in [0.25, 0.3) is 0 Å². The van der Waals surface area contributed by atoms with Crippen molar-refractivity contribution >= 4 is 78.8 Å². The van der Waals surface area contributed by atoms with E-state index in [4.69, 9.17) is 0 Å². The molecule has 0 saturated heterocycles. The third-order valence-electron chi connectivity index (χ3n) is 0. The van der Waals surface area contributed by atoms with Gasteiger partial charge in [-0.25, -0.2) is 0 Å². The van der Waals surface area contributed by atoms with Crippen LogP contribution in [0.4, 0.5) is 0 Å². The zero-order chi connectivity index (χ0) is 2.00. The zero-order valence-electron chi connectivity index (χ0n) is 1.92. The molecule has 0 fully saturated rings. The molecule has 0 aromatic rings. The van der Waals surface area contributed by atoms with Gasteiger partial charge in [-0.3, -0.25) is 0 Å². The molecule has 0 nitrogen and oxygen atoms in total. The van der Waals surface area contributed by atoms with Crippen molar-refractivity contribution in [3.63, 3.8) is 0 Å². The van der Waals surface area contributed by atoms with Crippen LogP contribution in [0, 0.1) is 0 Å². The molecule has 0 amide bonds. The van der Waals surface area contributed by atoms with Crippen LogP contribution < -0.4 is 0 Å². The van der Waals surface area contributed by atoms with Gasteiger partial charge in [-0.2, -0.15) is 0 Å². The molecular weight excluding hydrogens is 352 g/mol. The summed E-state index contributed by atoms with van der Waals surface area (Å²) in [6, 6.07) is 0. The van der Waals surface area contributed by atoms with Crippen molar-refractivity contribution in [2.24, 2.45) is 0 Å². The molecule has 0 aliphatic heterocycles. The van der Waals surface area contributed by atoms with E-state index in [-0.39, 0.29) is 65.9 Å². The van der Waals surface area contributed by atoms with Crippen LogP contribution in [0.2, 0.25) is 0 Å². The Bertz CT molecular complexity index is 8.00. The summed E-state index contributed by atoms with van der Waals surface area (Å²) in [6.07, 6.45) is 0. The molecule has 0 spiro atoms. The summed E-state index contributed by atoms with van der Waals surface area (Å²) in [5.41, 5.74) is 0. The Morgan fingerprint density at radius 2 is 1.25 bits per heavy atom. The molecule has 5 radical (unpaired) electrons. The second-order valence-corrected chi connectivity index (χ2v) is 0. The first kappa shape index (κ1) is 15.7. The molecule has 0 rings (SSSR count). The van der Waals surface area contributed by atoms with Crippen LogP contribution in [0.3, 0.4) is 0 Å². The van der Waals surface area contributed by atoms with Crippen LogP contribution in [-0.2, 0) is 17.1 Å². The van der Waals surface area contributed by atoms with Gasteiger partial charge in [0.05, 0.1) is 0 Å². The monoisotopic (exact) mass is 353 g/mol. The Kier molecular flexibility index (Phi) is 64.8. The van der Waals surface area contributed by atoms with Gasteiger partial charge in [0.15, 0.2) is 0 Å². The van der Waals surface area contributed by atoms with Crippen LogP contribution in [0.1, 0.15) is 0 Å². The second kappa shape index (κ2) is 16.5. The average Bonchev–Trinajstić information content (AvgIpc) is 1.00. The van der Waals surface area contributed by atoms with Crippen molar-refractivity contribution in [1.29, 1.82) is 0 Å². The van der Waals surface area contributed by atoms with Gasteiger partial charge in [0, 0.05) is 65.9 Å². The third-order valence-corrected chi connectivity index (χ3v) is 0. The molecule has 0 unspecified atom stereocenters. The van der Waals surface area contributed by atoms with Crippen molar-refractivity contribution in [2.75, 3.05) is 0 Å². The maximum absolute atomic E-state index is 4.17. The molecule has 4 heteroatoms. The SMILES string of the molecule is [Ba].[Cu].[S]=[Sn]. The normalized spacial score (nSPS) is 1.00. The molecule has 23 valence electrons. The van der Waals surface area contributed by atoms with E-state index in [1.807, 2.05) is 0 Å². The fourth-order valence-corrected chi connectivity index (χ4v) is 0. The summed E-state index contributed by atoms with van der Waals surface area (Å²) < 4.78 is 0. The van der Waals surface area contributed by atoms with Gasteiger partial charge in [0.2, 0.25) is 0 Å². The maximum atomic E-state index is 4.17. The molecule has 0 atom stereocenters. The van der Waals surface area contributed by atoms with Gasteiger partial charge < -0.3 is 0 Å². The summed E-state index contributed by atoms with van der Waals surface area (Å²) in [7, 11) is 4.17. The molecule has 0 aromatic heterocycles. The van der Waals surface area contributed by atoms with Crippen molar-refractivity contribution < 1.29 is 17.1 Å². The van der Waals surface area contributed by atoms with Crippen molar-refractivity contribution in [3.05, 3.63) is 0 Å². The van der Waals surface area contributed by atoms with Crippen molar-refractivity contribution in [1.82, 2.24) is 0 Å². The third kappa shape index (κ3) is 8.92. The van der Waals surface area contributed by atoms with E-state index in [9.17, 15) is 0 Å². The first-order chi connectivity index (χ1) is 1.00. The average molecular weight is 352 g/mol. The summed E-state index contributed by atoms with van der Waals surface area (Å²) in [6.45, 7) is 0. The van der Waals surface area contributed by atoms with Crippen LogP contribution >= 0.6 is 9.29 Å². The van der Waals surface area contributed by atoms with Crippen molar-refractivity contribution in [3.8, 4) is 0 Å². The van der Waals surface area contributed by atoms with Crippen LogP contribution in [-0.4, -0.2) is 69.5 Å². The van der Waals surface area contributed by atoms with E-state index in [0.717, 1.165) is 20.6 Å². The summed E-state index contributed by atoms with van der Waals surface area (Å²) in [4.78, 5) is 0. The van der Waals surface area contributed by atoms with E-state index in [1.54, 1.807) is 0 Å². The molecule has 0 bridgehead atoms. The fraction of sp³-hybridized carbons (Fsp3) is 0. The predicted molar refractivity (Wildman–Crippen MR) is 19.1 cm³/mol. The van der Waals surface area contributed by atoms with E-state index in [2.05, 4.69) is 9.29 Å². The van der Waals surface area contributed by atoms with Gasteiger partial charge >= 0.3 is 29.9 Å². The Labute approximate surface area is 93.3 Å². The van der Waals surface area contributed by atoms with E-state index in [0.29, 0.717) is 0 Å². The molecule has 0 aliphatic carbocycles. The van der Waals surface area contributed by atoms with Gasteiger partial charge in [0.1, 0.15) is 0 Å². The molecule has 4 heavy (non-hydrogen) atoms. The second-order valence-electron chi connectivity index (χ2n) is 0. The van der Waals surface area contributed by atoms with Crippen LogP contribution in [0.25, 0.3) is 0 Å². The Morgan fingerprint density at radius 1 is 1.25 bits per heavy atom. The first-order valence-electron chi connectivity index (χ1n) is 0.204. The Morgan fingerprint density at radius 3 is 1.25 bits per heavy atom. The Balaban J connectivity index is -0.00000000500. The summed E-state index contributed by atoms with van der Waals surface area (Å²) in [5.74, 6) is 0. The van der Waals surface area contributed by atoms with E-state index < -0.39 is 0 Å². The van der Waals surface area contributed by atoms with Gasteiger partial charge in [-0.1, -0.05) is 0 Å². The Hall–Kier alpha value is 3.11. The number of hydrogen-bond acceptors (Lipinski definition) is 1. The summed E-state index contributed by atoms with van der Waals surface area (Å²) in [5, 5.41) is 0. The number of rotatable bonds is 0. The fourth-order valence-electron chi connectivity index (χ4n) is 0. The zero-order valence-corrected chi connectivity index (χ0v) is 11.0. The van der Waals surface area contributed by atoms with E-state index >= 15 is 0 Å². The van der Waals surface area contributed by atoms with Crippen LogP contribution in [0.5, 0.6) is 0 Å². The molecule has 0 aliphatic rings. The van der Waals surface area contributed by atoms with Gasteiger partial charge in [-0.15, -0.1) is 0 Å². The predicted octanol–water partition coefficient (Wildman–Crippen LogP) is -0.116. The van der Waals surface area contributed by atoms with Crippen LogP contribution in [0.15, 0.2) is 0 Å².